The van der Waals surface area contributed by atoms with Crippen LogP contribution in [0.5, 0.6) is 0 Å². The molecule has 326 valence electrons. The first kappa shape index (κ1) is 43.0. The van der Waals surface area contributed by atoms with Crippen LogP contribution in [0.25, 0.3) is 27.7 Å². The second kappa shape index (κ2) is 18.3. The molecule has 1 atom stereocenters. The molecule has 0 aliphatic carbocycles. The highest BCUT2D eigenvalue weighted by Crippen LogP contribution is 2.28. The molecular weight excluding hydrogens is 841 g/mol. The van der Waals surface area contributed by atoms with Crippen LogP contribution in [0, 0.1) is 11.6 Å². The Bertz CT molecular complexity index is 2900. The summed E-state index contributed by atoms with van der Waals surface area (Å²) in [4.78, 5) is 66.4. The van der Waals surface area contributed by atoms with Crippen molar-refractivity contribution in [2.75, 3.05) is 31.1 Å². The molecule has 8 rings (SSSR count). The van der Waals surface area contributed by atoms with Gasteiger partial charge in [0.25, 0.3) is 21.5 Å². The van der Waals surface area contributed by atoms with Crippen LogP contribution < -0.4 is 21.3 Å². The first-order chi connectivity index (χ1) is 30.4. The fraction of sp³-hybridized carbons (Fsp3) is 0.295. The smallest absolute Gasteiger partial charge is 0.335 e. The van der Waals surface area contributed by atoms with Gasteiger partial charge in [0, 0.05) is 75.7 Å². The molecule has 63 heavy (non-hydrogen) atoms. The van der Waals surface area contributed by atoms with Crippen LogP contribution in [0.1, 0.15) is 53.3 Å². The number of fused-ring (bicyclic) bond motifs is 1. The standard InChI is InChI=1S/C44H41F2N7O9S/c1-52-39-25-47-15-10-33(39)42(55)53(44(52)57)30-6-2-26(3-7-30)20-38(43(56)62-31-13-18-61-19-14-31)50-41(54)34-21-36(46)37(22-35(34)45)51-63(58,59)32-8-4-27(5-9-32)29-23-48-40(49-24-29)28-11-16-60-17-12-28/h2-10,15,21-25,28,31,38,51H,11-14,16-20H2,1H3,(H,50,54)/t38-/m0/s1. The molecule has 2 saturated heterocycles. The van der Waals surface area contributed by atoms with E-state index < -0.39 is 68.2 Å². The highest BCUT2D eigenvalue weighted by atomic mass is 32.2. The number of anilines is 1. The van der Waals surface area contributed by atoms with E-state index in [9.17, 15) is 27.6 Å². The van der Waals surface area contributed by atoms with E-state index in [4.69, 9.17) is 14.2 Å². The second-order valence-electron chi connectivity index (χ2n) is 15.2. The van der Waals surface area contributed by atoms with Crippen LogP contribution in [0.2, 0.25) is 0 Å². The number of hydrogen-bond acceptors (Lipinski definition) is 12. The van der Waals surface area contributed by atoms with E-state index in [2.05, 4.69) is 20.3 Å². The molecule has 2 fully saturated rings. The molecule has 0 spiro atoms. The van der Waals surface area contributed by atoms with Gasteiger partial charge in [0.1, 0.15) is 29.6 Å². The second-order valence-corrected chi connectivity index (χ2v) is 16.9. The van der Waals surface area contributed by atoms with Gasteiger partial charge < -0.3 is 19.5 Å². The van der Waals surface area contributed by atoms with E-state index in [0.717, 1.165) is 17.4 Å². The zero-order valence-corrected chi connectivity index (χ0v) is 34.6. The maximum absolute atomic E-state index is 15.6. The molecule has 5 heterocycles. The molecule has 3 aromatic heterocycles. The SMILES string of the molecule is Cn1c(=O)n(-c2ccc(C[C@H](NC(=O)c3cc(F)c(NS(=O)(=O)c4ccc(-c5cnc(C6CCOCC6)nc5)cc4)cc3F)C(=O)OC3CCOCC3)cc2)c(=O)c2ccncc21. The number of carbonyl (C=O) groups excluding carboxylic acids is 2. The summed E-state index contributed by atoms with van der Waals surface area (Å²) >= 11 is 0. The van der Waals surface area contributed by atoms with Crippen LogP contribution in [0.4, 0.5) is 14.5 Å². The number of aryl methyl sites for hydroxylation is 1. The van der Waals surface area contributed by atoms with Crippen molar-refractivity contribution in [3.63, 3.8) is 0 Å². The van der Waals surface area contributed by atoms with Gasteiger partial charge >= 0.3 is 11.7 Å². The van der Waals surface area contributed by atoms with E-state index in [0.29, 0.717) is 79.4 Å². The third-order valence-electron chi connectivity index (χ3n) is 11.1. The van der Waals surface area contributed by atoms with Gasteiger partial charge in [0.2, 0.25) is 0 Å². The minimum absolute atomic E-state index is 0.181. The summed E-state index contributed by atoms with van der Waals surface area (Å²) < 4.78 is 78.5. The highest BCUT2D eigenvalue weighted by molar-refractivity contribution is 7.92. The van der Waals surface area contributed by atoms with E-state index in [1.807, 2.05) is 4.72 Å². The number of hydrogen-bond donors (Lipinski definition) is 2. The van der Waals surface area contributed by atoms with Gasteiger partial charge in [-0.1, -0.05) is 24.3 Å². The zero-order chi connectivity index (χ0) is 44.3. The van der Waals surface area contributed by atoms with Crippen molar-refractivity contribution in [3.8, 4) is 16.8 Å². The van der Waals surface area contributed by atoms with Gasteiger partial charge in [-0.15, -0.1) is 0 Å². The molecule has 3 aromatic carbocycles. The summed E-state index contributed by atoms with van der Waals surface area (Å²) in [5.41, 5.74) is -0.378. The number of nitrogens with zero attached hydrogens (tertiary/aromatic N) is 5. The van der Waals surface area contributed by atoms with Gasteiger partial charge in [0.15, 0.2) is 0 Å². The molecule has 0 unspecified atom stereocenters. The quantitative estimate of drug-likeness (QED) is 0.162. The van der Waals surface area contributed by atoms with Crippen molar-refractivity contribution in [3.05, 3.63) is 141 Å². The van der Waals surface area contributed by atoms with Crippen LogP contribution in [0.15, 0.2) is 106 Å². The Labute approximate surface area is 359 Å². The summed E-state index contributed by atoms with van der Waals surface area (Å²) in [5, 5.41) is 2.72. The first-order valence-electron chi connectivity index (χ1n) is 20.1. The van der Waals surface area contributed by atoms with Gasteiger partial charge in [-0.2, -0.15) is 0 Å². The number of halogens is 2. The Morgan fingerprint density at radius 2 is 1.52 bits per heavy atom. The number of ether oxygens (including phenoxy) is 3. The molecule has 2 aliphatic rings. The largest absolute Gasteiger partial charge is 0.461 e. The predicted molar refractivity (Wildman–Crippen MR) is 225 cm³/mol. The molecule has 0 bridgehead atoms. The normalized spacial score (nSPS) is 15.5. The highest BCUT2D eigenvalue weighted by Gasteiger charge is 2.29. The Morgan fingerprint density at radius 1 is 0.857 bits per heavy atom. The fourth-order valence-electron chi connectivity index (χ4n) is 7.49. The molecule has 19 heteroatoms. The number of aromatic nitrogens is 5. The zero-order valence-electron chi connectivity index (χ0n) is 33.8. The van der Waals surface area contributed by atoms with Crippen LogP contribution in [0.3, 0.4) is 0 Å². The number of rotatable bonds is 12. The minimum atomic E-state index is -4.43. The molecule has 16 nitrogen and oxygen atoms in total. The van der Waals surface area contributed by atoms with Crippen LogP contribution in [-0.2, 0) is 42.5 Å². The lowest BCUT2D eigenvalue weighted by Gasteiger charge is -2.25. The Kier molecular flexibility index (Phi) is 12.5. The summed E-state index contributed by atoms with van der Waals surface area (Å²) in [6.45, 7) is 2.01. The molecule has 2 N–H and O–H groups in total. The number of nitrogens with one attached hydrogen (secondary N) is 2. The van der Waals surface area contributed by atoms with E-state index in [-0.39, 0.29) is 28.3 Å². The van der Waals surface area contributed by atoms with Crippen molar-refractivity contribution in [2.45, 2.75) is 55.1 Å². The Balaban J connectivity index is 0.977. The number of sulfonamides is 1. The summed E-state index contributed by atoms with van der Waals surface area (Å²) in [7, 11) is -2.92. The first-order valence-corrected chi connectivity index (χ1v) is 21.6. The lowest BCUT2D eigenvalue weighted by Crippen LogP contribution is -2.45. The number of pyridine rings is 1. The van der Waals surface area contributed by atoms with Gasteiger partial charge in [-0.05, 0) is 60.4 Å². The fourth-order valence-corrected chi connectivity index (χ4v) is 8.55. The number of amides is 1. The summed E-state index contributed by atoms with van der Waals surface area (Å²) in [6.07, 6.45) is 7.96. The maximum Gasteiger partial charge on any atom is 0.335 e. The van der Waals surface area contributed by atoms with Crippen LogP contribution in [-0.4, -0.2) is 83.0 Å². The molecule has 2 aliphatic heterocycles. The van der Waals surface area contributed by atoms with Crippen LogP contribution >= 0.6 is 0 Å². The Morgan fingerprint density at radius 3 is 2.21 bits per heavy atom. The van der Waals surface area contributed by atoms with Crippen molar-refractivity contribution in [2.24, 2.45) is 7.05 Å². The average Bonchev–Trinajstić information content (AvgIpc) is 3.30. The van der Waals surface area contributed by atoms with Crippen molar-refractivity contribution < 1.29 is 41.0 Å². The topological polar surface area (TPSA) is 203 Å². The van der Waals surface area contributed by atoms with Gasteiger partial charge in [-0.25, -0.2) is 41.3 Å². The van der Waals surface area contributed by atoms with Crippen molar-refractivity contribution in [1.82, 2.24) is 29.4 Å². The molecular formula is C44H41F2N7O9S. The predicted octanol–water partition coefficient (Wildman–Crippen LogP) is 4.58. The summed E-state index contributed by atoms with van der Waals surface area (Å²) in [5.74, 6) is -3.63. The van der Waals surface area contributed by atoms with Crippen molar-refractivity contribution >= 4 is 38.5 Å². The third kappa shape index (κ3) is 9.40. The number of esters is 1. The average molecular weight is 882 g/mol. The number of benzene rings is 3. The van der Waals surface area contributed by atoms with E-state index in [1.54, 1.807) is 24.5 Å². The van der Waals surface area contributed by atoms with E-state index in [1.165, 1.54) is 66.5 Å². The molecule has 0 saturated carbocycles. The maximum atomic E-state index is 15.6. The Hall–Kier alpha value is -6.70. The van der Waals surface area contributed by atoms with Gasteiger partial charge in [-0.3, -0.25) is 23.9 Å². The minimum Gasteiger partial charge on any atom is -0.461 e. The monoisotopic (exact) mass is 881 g/mol. The van der Waals surface area contributed by atoms with Gasteiger partial charge in [0.05, 0.1) is 52.1 Å². The lowest BCUT2D eigenvalue weighted by molar-refractivity contribution is -0.155. The third-order valence-corrected chi connectivity index (χ3v) is 12.4. The molecule has 1 amide bonds. The molecule has 6 aromatic rings. The molecule has 0 radical (unpaired) electrons. The van der Waals surface area contributed by atoms with Crippen molar-refractivity contribution in [1.29, 1.82) is 0 Å². The lowest BCUT2D eigenvalue weighted by atomic mass is 9.99. The summed E-state index contributed by atoms with van der Waals surface area (Å²) in [6, 6.07) is 12.9. The van der Waals surface area contributed by atoms with E-state index >= 15 is 8.78 Å². The number of carbonyl (C=O) groups is 2.